The molecule has 1 N–H and O–H groups in total. The molecule has 9 nitrogen and oxygen atoms in total. The van der Waals surface area contributed by atoms with Crippen LogP contribution in [0.15, 0.2) is 48.0 Å². The summed E-state index contributed by atoms with van der Waals surface area (Å²) in [5.41, 5.74) is 1.24. The van der Waals surface area contributed by atoms with Crippen molar-refractivity contribution in [3.63, 3.8) is 0 Å². The molecule has 0 unspecified atom stereocenters. The summed E-state index contributed by atoms with van der Waals surface area (Å²) in [5.74, 6) is -1.27. The van der Waals surface area contributed by atoms with Crippen LogP contribution in [0, 0.1) is 17.0 Å². The highest BCUT2D eigenvalue weighted by Gasteiger charge is 2.46. The van der Waals surface area contributed by atoms with Crippen molar-refractivity contribution in [3.8, 4) is 5.75 Å². The average Bonchev–Trinajstić information content (AvgIpc) is 3.03. The minimum absolute atomic E-state index is 0.0880. The topological polar surface area (TPSA) is 113 Å². The van der Waals surface area contributed by atoms with Crippen LogP contribution in [0.3, 0.4) is 0 Å². The minimum atomic E-state index is -0.936. The first-order valence-corrected chi connectivity index (χ1v) is 10.5. The number of hydrogen-bond donors (Lipinski definition) is 1. The van der Waals surface area contributed by atoms with Crippen LogP contribution in [0.1, 0.15) is 29.2 Å². The number of ether oxygens (including phenoxy) is 1. The van der Waals surface area contributed by atoms with Crippen molar-refractivity contribution >= 4 is 23.1 Å². The molecule has 0 bridgehead atoms. The third-order valence-electron chi connectivity index (χ3n) is 5.61. The molecule has 3 rings (SSSR count). The van der Waals surface area contributed by atoms with Crippen molar-refractivity contribution in [2.24, 2.45) is 0 Å². The lowest BCUT2D eigenvalue weighted by molar-refractivity contribution is -0.384. The van der Waals surface area contributed by atoms with Gasteiger partial charge in [0.15, 0.2) is 0 Å². The number of aryl methyl sites for hydroxylation is 1. The van der Waals surface area contributed by atoms with Crippen LogP contribution in [-0.2, 0) is 9.59 Å². The number of ketones is 1. The highest BCUT2D eigenvalue weighted by molar-refractivity contribution is 6.46. The second kappa shape index (κ2) is 9.83. The number of aliphatic hydroxyl groups is 1. The molecule has 1 saturated heterocycles. The molecule has 33 heavy (non-hydrogen) atoms. The van der Waals surface area contributed by atoms with Crippen molar-refractivity contribution in [1.82, 2.24) is 9.80 Å². The Morgan fingerprint density at radius 2 is 1.94 bits per heavy atom. The lowest BCUT2D eigenvalue weighted by Gasteiger charge is -2.26. The number of benzene rings is 2. The molecule has 1 heterocycles. The first kappa shape index (κ1) is 23.9. The van der Waals surface area contributed by atoms with Crippen molar-refractivity contribution in [2.75, 3.05) is 34.3 Å². The lowest BCUT2D eigenvalue weighted by Crippen LogP contribution is -2.32. The zero-order chi connectivity index (χ0) is 24.3. The summed E-state index contributed by atoms with van der Waals surface area (Å²) in [7, 11) is 5.33. The van der Waals surface area contributed by atoms with Gasteiger partial charge in [-0.3, -0.25) is 19.7 Å². The number of rotatable bonds is 8. The standard InChI is InChI=1S/C24H27N3O6/c1-15-13-17(9-10-19(15)33-4)22(28)20-21(16-7-5-8-18(14-16)27(31)32)26(24(30)23(20)29)12-6-11-25(2)3/h5,7-10,13-14,21,28H,6,11-12H2,1-4H3/b22-20+/t21-/m1/s1. The molecule has 0 saturated carbocycles. The van der Waals surface area contributed by atoms with Crippen LogP contribution in [0.25, 0.3) is 5.76 Å². The number of nitro benzene ring substituents is 1. The molecular formula is C24H27N3O6. The van der Waals surface area contributed by atoms with Crippen molar-refractivity contribution < 1.29 is 24.4 Å². The van der Waals surface area contributed by atoms with E-state index in [4.69, 9.17) is 4.74 Å². The van der Waals surface area contributed by atoms with Crippen molar-refractivity contribution in [1.29, 1.82) is 0 Å². The van der Waals surface area contributed by atoms with Crippen LogP contribution >= 0.6 is 0 Å². The smallest absolute Gasteiger partial charge is 0.295 e. The Morgan fingerprint density at radius 3 is 2.55 bits per heavy atom. The van der Waals surface area contributed by atoms with Gasteiger partial charge in [0.1, 0.15) is 11.5 Å². The summed E-state index contributed by atoms with van der Waals surface area (Å²) in [6.45, 7) is 2.74. The number of aliphatic hydroxyl groups excluding tert-OH is 1. The Kier molecular flexibility index (Phi) is 7.13. The number of Topliss-reactive ketones (excluding diaryl/α,β-unsaturated/α-hetero) is 1. The number of carbonyl (C=O) groups excluding carboxylic acids is 2. The average molecular weight is 453 g/mol. The van der Waals surface area contributed by atoms with Gasteiger partial charge in [-0.05, 0) is 63.3 Å². The zero-order valence-corrected chi connectivity index (χ0v) is 19.1. The molecular weight excluding hydrogens is 426 g/mol. The summed E-state index contributed by atoms with van der Waals surface area (Å²) in [4.78, 5) is 40.2. The van der Waals surface area contributed by atoms with E-state index in [1.165, 1.54) is 30.2 Å². The first-order chi connectivity index (χ1) is 15.6. The van der Waals surface area contributed by atoms with Gasteiger partial charge in [-0.1, -0.05) is 12.1 Å². The maximum atomic E-state index is 13.1. The summed E-state index contributed by atoms with van der Waals surface area (Å²) in [5, 5.41) is 22.5. The van der Waals surface area contributed by atoms with Gasteiger partial charge in [-0.25, -0.2) is 0 Å². The van der Waals surface area contributed by atoms with Crippen molar-refractivity contribution in [2.45, 2.75) is 19.4 Å². The number of amides is 1. The van der Waals surface area contributed by atoms with E-state index in [1.807, 2.05) is 19.0 Å². The quantitative estimate of drug-likeness (QED) is 0.215. The third-order valence-corrected chi connectivity index (χ3v) is 5.61. The van der Waals surface area contributed by atoms with E-state index in [-0.39, 0.29) is 23.6 Å². The van der Waals surface area contributed by atoms with Crippen molar-refractivity contribution in [3.05, 3.63) is 74.8 Å². The Balaban J connectivity index is 2.15. The van der Waals surface area contributed by atoms with Gasteiger partial charge < -0.3 is 19.6 Å². The Bertz CT molecular complexity index is 1120. The van der Waals surface area contributed by atoms with Gasteiger partial charge >= 0.3 is 0 Å². The molecule has 9 heteroatoms. The molecule has 0 spiro atoms. The second-order valence-electron chi connectivity index (χ2n) is 8.19. The second-order valence-corrected chi connectivity index (χ2v) is 8.19. The fraction of sp³-hybridized carbons (Fsp3) is 0.333. The van der Waals surface area contributed by atoms with Gasteiger partial charge in [-0.2, -0.15) is 0 Å². The number of nitro groups is 1. The first-order valence-electron chi connectivity index (χ1n) is 10.5. The summed E-state index contributed by atoms with van der Waals surface area (Å²) >= 11 is 0. The van der Waals surface area contributed by atoms with E-state index < -0.39 is 22.7 Å². The normalized spacial score (nSPS) is 17.6. The fourth-order valence-electron chi connectivity index (χ4n) is 4.00. The number of carbonyl (C=O) groups is 2. The third kappa shape index (κ3) is 4.88. The lowest BCUT2D eigenvalue weighted by atomic mass is 9.94. The molecule has 0 radical (unpaired) electrons. The molecule has 0 aromatic heterocycles. The summed E-state index contributed by atoms with van der Waals surface area (Å²) in [6, 6.07) is 9.80. The van der Waals surface area contributed by atoms with Gasteiger partial charge in [0, 0.05) is 24.2 Å². The van der Waals surface area contributed by atoms with Gasteiger partial charge in [0.05, 0.1) is 23.6 Å². The number of likely N-dealkylation sites (tertiary alicyclic amines) is 1. The highest BCUT2D eigenvalue weighted by Crippen LogP contribution is 2.40. The number of non-ortho nitro benzene ring substituents is 1. The summed E-state index contributed by atoms with van der Waals surface area (Å²) < 4.78 is 5.26. The van der Waals surface area contributed by atoms with Gasteiger partial charge in [0.25, 0.3) is 17.4 Å². The SMILES string of the molecule is COc1ccc(/C(O)=C2\C(=O)C(=O)N(CCCN(C)C)[C@@H]2c2cccc([N+](=O)[O-])c2)cc1C. The van der Waals surface area contributed by atoms with E-state index in [0.717, 1.165) is 5.56 Å². The number of nitrogens with zero attached hydrogens (tertiary/aromatic N) is 3. The van der Waals surface area contributed by atoms with E-state index in [1.54, 1.807) is 31.2 Å². The van der Waals surface area contributed by atoms with Gasteiger partial charge in [-0.15, -0.1) is 0 Å². The zero-order valence-electron chi connectivity index (χ0n) is 19.1. The summed E-state index contributed by atoms with van der Waals surface area (Å²) in [6.07, 6.45) is 0.590. The van der Waals surface area contributed by atoms with E-state index in [9.17, 15) is 24.8 Å². The predicted molar refractivity (Wildman–Crippen MR) is 123 cm³/mol. The van der Waals surface area contributed by atoms with E-state index >= 15 is 0 Å². The maximum absolute atomic E-state index is 13.1. The molecule has 1 fully saturated rings. The van der Waals surface area contributed by atoms with Crippen LogP contribution in [-0.4, -0.2) is 65.8 Å². The Labute approximate surface area is 192 Å². The molecule has 2 aromatic rings. The molecule has 1 amide bonds. The highest BCUT2D eigenvalue weighted by atomic mass is 16.6. The monoisotopic (exact) mass is 453 g/mol. The van der Waals surface area contributed by atoms with E-state index in [0.29, 0.717) is 29.8 Å². The largest absolute Gasteiger partial charge is 0.507 e. The van der Waals surface area contributed by atoms with Gasteiger partial charge in [0.2, 0.25) is 0 Å². The Hall–Kier alpha value is -3.72. The molecule has 1 aliphatic heterocycles. The molecule has 2 aromatic carbocycles. The molecule has 174 valence electrons. The predicted octanol–water partition coefficient (Wildman–Crippen LogP) is 3.29. The van der Waals surface area contributed by atoms with Crippen LogP contribution < -0.4 is 4.74 Å². The van der Waals surface area contributed by atoms with Crippen LogP contribution in [0.2, 0.25) is 0 Å². The van der Waals surface area contributed by atoms with Crippen LogP contribution in [0.4, 0.5) is 5.69 Å². The Morgan fingerprint density at radius 1 is 1.21 bits per heavy atom. The number of methoxy groups -OCH3 is 1. The minimum Gasteiger partial charge on any atom is -0.507 e. The maximum Gasteiger partial charge on any atom is 0.295 e. The number of hydrogen-bond acceptors (Lipinski definition) is 7. The van der Waals surface area contributed by atoms with Crippen LogP contribution in [0.5, 0.6) is 5.75 Å². The van der Waals surface area contributed by atoms with E-state index in [2.05, 4.69) is 0 Å². The molecule has 1 aliphatic rings. The molecule has 0 aliphatic carbocycles. The molecule has 1 atom stereocenters. The fourth-order valence-corrected chi connectivity index (χ4v) is 4.00.